The predicted molar refractivity (Wildman–Crippen MR) is 80.7 cm³/mol. The number of hydrogen-bond acceptors (Lipinski definition) is 5. The molecule has 1 rings (SSSR count). The van der Waals surface area contributed by atoms with Gasteiger partial charge in [0.25, 0.3) is 0 Å². The monoisotopic (exact) mass is 300 g/mol. The van der Waals surface area contributed by atoms with Crippen molar-refractivity contribution in [2.45, 2.75) is 26.3 Å². The predicted octanol–water partition coefficient (Wildman–Crippen LogP) is 2.08. The Balaban J connectivity index is 3.19. The fraction of sp³-hybridized carbons (Fsp3) is 0.538. The second-order valence-electron chi connectivity index (χ2n) is 4.42. The molecule has 1 unspecified atom stereocenters. The number of amidine groups is 1. The minimum absolute atomic E-state index is 0.0329. The molecule has 112 valence electrons. The number of ether oxygens (including phenoxy) is 1. The van der Waals surface area contributed by atoms with Crippen molar-refractivity contribution in [1.82, 2.24) is 4.98 Å². The molecule has 0 aliphatic carbocycles. The molecule has 0 fully saturated rings. The van der Waals surface area contributed by atoms with Crippen LogP contribution in [0.25, 0.3) is 0 Å². The van der Waals surface area contributed by atoms with E-state index >= 15 is 0 Å². The Kier molecular flexibility index (Phi) is 6.54. The molecule has 6 nitrogen and oxygen atoms in total. The van der Waals surface area contributed by atoms with Crippen LogP contribution in [0.1, 0.15) is 25.8 Å². The van der Waals surface area contributed by atoms with Crippen LogP contribution in [0.2, 0.25) is 5.02 Å². The average Bonchev–Trinajstić information content (AvgIpc) is 2.47. The maximum absolute atomic E-state index is 8.79. The first-order valence-electron chi connectivity index (χ1n) is 6.44. The van der Waals surface area contributed by atoms with Crippen LogP contribution >= 0.6 is 11.6 Å². The van der Waals surface area contributed by atoms with Gasteiger partial charge in [-0.3, -0.25) is 0 Å². The van der Waals surface area contributed by atoms with Crippen molar-refractivity contribution in [1.29, 1.82) is 0 Å². The largest absolute Gasteiger partial charge is 0.409 e. The van der Waals surface area contributed by atoms with E-state index in [4.69, 9.17) is 27.3 Å². The number of oxime groups is 1. The lowest BCUT2D eigenvalue weighted by molar-refractivity contribution is 0.203. The molecule has 7 heteroatoms. The van der Waals surface area contributed by atoms with Crippen molar-refractivity contribution in [3.63, 3.8) is 0 Å². The molecule has 0 saturated heterocycles. The van der Waals surface area contributed by atoms with Gasteiger partial charge in [0.1, 0.15) is 5.82 Å². The summed E-state index contributed by atoms with van der Waals surface area (Å²) in [6.07, 6.45) is 2.53. The maximum atomic E-state index is 8.79. The van der Waals surface area contributed by atoms with E-state index in [0.717, 1.165) is 6.42 Å². The molecule has 0 amide bonds. The summed E-state index contributed by atoms with van der Waals surface area (Å²) in [5.41, 5.74) is 6.08. The van der Waals surface area contributed by atoms with Gasteiger partial charge in [-0.05, 0) is 19.4 Å². The van der Waals surface area contributed by atoms with E-state index in [9.17, 15) is 0 Å². The van der Waals surface area contributed by atoms with Crippen LogP contribution in [-0.2, 0) is 4.74 Å². The van der Waals surface area contributed by atoms with E-state index < -0.39 is 0 Å². The fourth-order valence-corrected chi connectivity index (χ4v) is 2.15. The Morgan fingerprint density at radius 1 is 1.65 bits per heavy atom. The minimum atomic E-state index is -0.0329. The van der Waals surface area contributed by atoms with Crippen LogP contribution < -0.4 is 10.6 Å². The summed E-state index contributed by atoms with van der Waals surface area (Å²) in [5, 5.41) is 12.1. The summed E-state index contributed by atoms with van der Waals surface area (Å²) in [6.45, 7) is 5.41. The summed E-state index contributed by atoms with van der Waals surface area (Å²) < 4.78 is 5.13. The topological polar surface area (TPSA) is 84.0 Å². The van der Waals surface area contributed by atoms with Crippen molar-refractivity contribution >= 4 is 23.3 Å². The molecule has 1 heterocycles. The van der Waals surface area contributed by atoms with E-state index in [1.807, 2.05) is 0 Å². The fourth-order valence-electron chi connectivity index (χ4n) is 1.83. The van der Waals surface area contributed by atoms with Crippen molar-refractivity contribution in [2.24, 2.45) is 10.9 Å². The lowest BCUT2D eigenvalue weighted by atomic mass is 10.2. The van der Waals surface area contributed by atoms with Crippen LogP contribution in [0.5, 0.6) is 0 Å². The molecular weight excluding hydrogens is 280 g/mol. The smallest absolute Gasteiger partial charge is 0.171 e. The highest BCUT2D eigenvalue weighted by Gasteiger charge is 2.20. The van der Waals surface area contributed by atoms with Gasteiger partial charge in [0.05, 0.1) is 11.6 Å². The highest BCUT2D eigenvalue weighted by molar-refractivity contribution is 6.36. The Bertz CT molecular complexity index is 468. The molecule has 20 heavy (non-hydrogen) atoms. The molecule has 0 aromatic carbocycles. The van der Waals surface area contributed by atoms with Gasteiger partial charge in [0, 0.05) is 31.5 Å². The summed E-state index contributed by atoms with van der Waals surface area (Å²) in [6, 6.07) is 1.86. The third-order valence-corrected chi connectivity index (χ3v) is 3.56. The quantitative estimate of drug-likeness (QED) is 0.348. The molecule has 0 aliphatic rings. The zero-order valence-electron chi connectivity index (χ0n) is 12.0. The molecule has 0 bridgehead atoms. The normalized spacial score (nSPS) is 13.3. The van der Waals surface area contributed by atoms with E-state index in [0.29, 0.717) is 29.6 Å². The number of halogens is 1. The Hall–Kier alpha value is -1.53. The van der Waals surface area contributed by atoms with Crippen LogP contribution in [0.15, 0.2) is 17.4 Å². The Labute approximate surface area is 124 Å². The van der Waals surface area contributed by atoms with Gasteiger partial charge in [-0.15, -0.1) is 0 Å². The second-order valence-corrected chi connectivity index (χ2v) is 4.80. The summed E-state index contributed by atoms with van der Waals surface area (Å²) >= 11 is 6.34. The van der Waals surface area contributed by atoms with Gasteiger partial charge in [-0.1, -0.05) is 23.7 Å². The number of anilines is 1. The van der Waals surface area contributed by atoms with Gasteiger partial charge < -0.3 is 20.6 Å². The molecular formula is C13H21ClN4O2. The third-order valence-electron chi connectivity index (χ3n) is 3.19. The highest BCUT2D eigenvalue weighted by Crippen LogP contribution is 2.28. The van der Waals surface area contributed by atoms with Crippen LogP contribution in [0.3, 0.4) is 0 Å². The first-order chi connectivity index (χ1) is 9.56. The summed E-state index contributed by atoms with van der Waals surface area (Å²) in [4.78, 5) is 6.38. The number of hydrogen-bond donors (Lipinski definition) is 2. The molecule has 0 radical (unpaired) electrons. The van der Waals surface area contributed by atoms with E-state index in [1.54, 1.807) is 19.4 Å². The number of pyridine rings is 1. The first kappa shape index (κ1) is 16.5. The number of aromatic nitrogens is 1. The molecule has 3 N–H and O–H groups in total. The number of nitrogens with zero attached hydrogens (tertiary/aromatic N) is 3. The van der Waals surface area contributed by atoms with E-state index in [-0.39, 0.29) is 11.9 Å². The zero-order chi connectivity index (χ0) is 15.1. The maximum Gasteiger partial charge on any atom is 0.171 e. The van der Waals surface area contributed by atoms with E-state index in [2.05, 4.69) is 28.9 Å². The third kappa shape index (κ3) is 3.74. The summed E-state index contributed by atoms with van der Waals surface area (Å²) in [7, 11) is 1.65. The van der Waals surface area contributed by atoms with E-state index in [1.165, 1.54) is 0 Å². The number of nitrogens with two attached hydrogens (primary N) is 1. The van der Waals surface area contributed by atoms with Crippen molar-refractivity contribution < 1.29 is 9.94 Å². The van der Waals surface area contributed by atoms with Crippen LogP contribution in [-0.4, -0.2) is 42.3 Å². The number of rotatable bonds is 7. The van der Waals surface area contributed by atoms with Gasteiger partial charge in [-0.2, -0.15) is 0 Å². The molecule has 1 aromatic rings. The minimum Gasteiger partial charge on any atom is -0.409 e. The molecule has 0 aliphatic heterocycles. The highest BCUT2D eigenvalue weighted by atomic mass is 35.5. The molecule has 1 aromatic heterocycles. The second kappa shape index (κ2) is 7.91. The standard InChI is InChI=1S/C13H21ClN4O2/c1-4-9(2)18(7-8-20-3)13-11(14)10(5-6-16-13)12(15)17-19/h5-6,9,19H,4,7-8H2,1-3H3,(H2,15,17). The lowest BCUT2D eigenvalue weighted by Gasteiger charge is -2.30. The van der Waals surface area contributed by atoms with Crippen molar-refractivity contribution in [2.75, 3.05) is 25.2 Å². The van der Waals surface area contributed by atoms with Gasteiger partial charge in [0.15, 0.2) is 5.84 Å². The SMILES string of the molecule is CCC(C)N(CCOC)c1nccc(/C(N)=N/O)c1Cl. The molecule has 0 saturated carbocycles. The van der Waals surface area contributed by atoms with Crippen LogP contribution in [0.4, 0.5) is 5.82 Å². The first-order valence-corrected chi connectivity index (χ1v) is 6.82. The van der Waals surface area contributed by atoms with Gasteiger partial charge in [-0.25, -0.2) is 4.98 Å². The lowest BCUT2D eigenvalue weighted by Crippen LogP contribution is -2.36. The van der Waals surface area contributed by atoms with Crippen LogP contribution in [0, 0.1) is 0 Å². The van der Waals surface area contributed by atoms with Crippen molar-refractivity contribution in [3.8, 4) is 0 Å². The van der Waals surface area contributed by atoms with Crippen molar-refractivity contribution in [3.05, 3.63) is 22.8 Å². The number of methoxy groups -OCH3 is 1. The average molecular weight is 301 g/mol. The Morgan fingerprint density at radius 3 is 2.90 bits per heavy atom. The Morgan fingerprint density at radius 2 is 2.35 bits per heavy atom. The van der Waals surface area contributed by atoms with Gasteiger partial charge >= 0.3 is 0 Å². The molecule has 0 spiro atoms. The molecule has 1 atom stereocenters. The summed E-state index contributed by atoms with van der Waals surface area (Å²) in [5.74, 6) is 0.580. The zero-order valence-corrected chi connectivity index (χ0v) is 12.8. The van der Waals surface area contributed by atoms with Gasteiger partial charge in [0.2, 0.25) is 0 Å².